The molecule has 78 heavy (non-hydrogen) atoms. The molecule has 0 aliphatic rings. The molecule has 2 unspecified atom stereocenters. The number of nitrogens with zero attached hydrogens (tertiary/aromatic N) is 1. The van der Waals surface area contributed by atoms with Crippen molar-refractivity contribution in [1.29, 1.82) is 0 Å². The molecular formula is C68H134NO8P. The first-order chi connectivity index (χ1) is 38.0. The number of carbonyl (C=O) groups is 2. The lowest BCUT2D eigenvalue weighted by molar-refractivity contribution is -0.870. The molecule has 2 atom stereocenters. The fraction of sp³-hybridized carbons (Fsp3) is 0.941. The van der Waals surface area contributed by atoms with Crippen LogP contribution >= 0.6 is 7.82 Å². The summed E-state index contributed by atoms with van der Waals surface area (Å²) in [4.78, 5) is 38.0. The zero-order valence-electron chi connectivity index (χ0n) is 52.9. The molecule has 464 valence electrons. The van der Waals surface area contributed by atoms with Crippen LogP contribution in [0.1, 0.15) is 361 Å². The van der Waals surface area contributed by atoms with Crippen molar-refractivity contribution in [2.24, 2.45) is 0 Å². The average Bonchev–Trinajstić information content (AvgIpc) is 3.41. The van der Waals surface area contributed by atoms with Gasteiger partial charge in [0.15, 0.2) is 6.10 Å². The van der Waals surface area contributed by atoms with Crippen LogP contribution in [0.25, 0.3) is 0 Å². The number of hydrogen-bond donors (Lipinski definition) is 0. The highest BCUT2D eigenvalue weighted by atomic mass is 31.2. The fourth-order valence-corrected chi connectivity index (χ4v) is 11.2. The maximum atomic E-state index is 12.9. The van der Waals surface area contributed by atoms with Crippen LogP contribution in [0.3, 0.4) is 0 Å². The standard InChI is InChI=1S/C68H134NO8P/c1-6-8-10-12-14-16-18-20-22-24-26-28-30-32-33-34-35-37-39-41-43-45-47-49-51-53-55-57-59-61-68(71)77-66(65-76-78(72,73)75-63-62-69(3,4)5)64-74-67(70)60-58-56-54-52-50-48-46-44-42-40-38-36-31-29-27-25-23-21-19-17-15-13-11-9-7-2/h24,26,66H,6-23,25,27-65H2,1-5H3/b26-24-. The summed E-state index contributed by atoms with van der Waals surface area (Å²) in [7, 11) is 1.19. The van der Waals surface area contributed by atoms with Crippen molar-refractivity contribution in [3.8, 4) is 0 Å². The van der Waals surface area contributed by atoms with Gasteiger partial charge < -0.3 is 27.9 Å². The van der Waals surface area contributed by atoms with E-state index in [9.17, 15) is 19.0 Å². The Labute approximate surface area is 486 Å². The third-order valence-electron chi connectivity index (χ3n) is 15.8. The van der Waals surface area contributed by atoms with Gasteiger partial charge in [-0.3, -0.25) is 14.2 Å². The van der Waals surface area contributed by atoms with E-state index in [2.05, 4.69) is 26.0 Å². The Morgan fingerprint density at radius 3 is 0.949 bits per heavy atom. The van der Waals surface area contributed by atoms with E-state index in [1.807, 2.05) is 21.1 Å². The Morgan fingerprint density at radius 1 is 0.385 bits per heavy atom. The molecule has 0 fully saturated rings. The van der Waals surface area contributed by atoms with E-state index in [-0.39, 0.29) is 32.0 Å². The number of phosphoric ester groups is 1. The summed E-state index contributed by atoms with van der Waals surface area (Å²) in [5.41, 5.74) is 0. The van der Waals surface area contributed by atoms with Crippen molar-refractivity contribution < 1.29 is 42.1 Å². The number of ether oxygens (including phenoxy) is 2. The predicted octanol–water partition coefficient (Wildman–Crippen LogP) is 21.3. The van der Waals surface area contributed by atoms with E-state index in [1.54, 1.807) is 0 Å². The summed E-state index contributed by atoms with van der Waals surface area (Å²) in [5, 5.41) is 0. The van der Waals surface area contributed by atoms with Crippen molar-refractivity contribution in [3.05, 3.63) is 12.2 Å². The van der Waals surface area contributed by atoms with Crippen LogP contribution in [0.15, 0.2) is 12.2 Å². The molecule has 9 nitrogen and oxygen atoms in total. The molecule has 0 aliphatic carbocycles. The van der Waals surface area contributed by atoms with Gasteiger partial charge in [0.2, 0.25) is 0 Å². The van der Waals surface area contributed by atoms with E-state index < -0.39 is 26.5 Å². The first-order valence-electron chi connectivity index (χ1n) is 34.4. The zero-order chi connectivity index (χ0) is 57.0. The molecule has 0 radical (unpaired) electrons. The van der Waals surface area contributed by atoms with Crippen molar-refractivity contribution in [2.75, 3.05) is 47.5 Å². The zero-order valence-corrected chi connectivity index (χ0v) is 53.8. The van der Waals surface area contributed by atoms with Gasteiger partial charge in [-0.05, 0) is 38.5 Å². The lowest BCUT2D eigenvalue weighted by Crippen LogP contribution is -2.37. The van der Waals surface area contributed by atoms with E-state index in [0.717, 1.165) is 32.1 Å². The molecule has 0 aliphatic heterocycles. The van der Waals surface area contributed by atoms with Gasteiger partial charge in [-0.1, -0.05) is 321 Å². The highest BCUT2D eigenvalue weighted by Crippen LogP contribution is 2.38. The van der Waals surface area contributed by atoms with Crippen LogP contribution in [0.4, 0.5) is 0 Å². The molecular weight excluding hydrogens is 990 g/mol. The number of quaternary nitrogens is 1. The normalized spacial score (nSPS) is 13.2. The van der Waals surface area contributed by atoms with Crippen molar-refractivity contribution in [2.45, 2.75) is 367 Å². The number of unbranched alkanes of at least 4 members (excludes halogenated alkanes) is 49. The minimum atomic E-state index is -4.63. The summed E-state index contributed by atoms with van der Waals surface area (Å²) >= 11 is 0. The van der Waals surface area contributed by atoms with Crippen molar-refractivity contribution in [1.82, 2.24) is 0 Å². The SMILES string of the molecule is CCCCCCCCCC/C=C\CCCCCCCCCCCCCCCCCCCC(=O)OC(COC(=O)CCCCCCCCCCCCCCCCCCCCCCCCCCC)COP(=O)([O-])OCC[N+](C)(C)C. The lowest BCUT2D eigenvalue weighted by atomic mass is 10.0. The maximum absolute atomic E-state index is 12.9. The minimum absolute atomic E-state index is 0.0260. The van der Waals surface area contributed by atoms with Gasteiger partial charge in [-0.25, -0.2) is 0 Å². The second-order valence-electron chi connectivity index (χ2n) is 24.9. The highest BCUT2D eigenvalue weighted by molar-refractivity contribution is 7.45. The van der Waals surface area contributed by atoms with E-state index >= 15 is 0 Å². The maximum Gasteiger partial charge on any atom is 0.306 e. The molecule has 0 saturated heterocycles. The summed E-state index contributed by atoms with van der Waals surface area (Å²) in [6, 6.07) is 0. The molecule has 0 aromatic heterocycles. The number of rotatable bonds is 65. The van der Waals surface area contributed by atoms with E-state index in [0.29, 0.717) is 17.4 Å². The first-order valence-corrected chi connectivity index (χ1v) is 35.9. The third-order valence-corrected chi connectivity index (χ3v) is 16.7. The second-order valence-corrected chi connectivity index (χ2v) is 26.3. The van der Waals surface area contributed by atoms with Crippen LogP contribution in [-0.4, -0.2) is 70.0 Å². The van der Waals surface area contributed by atoms with Gasteiger partial charge in [0.1, 0.15) is 19.8 Å². The quantitative estimate of drug-likeness (QED) is 0.0195. The molecule has 10 heteroatoms. The summed E-state index contributed by atoms with van der Waals surface area (Å²) in [6.07, 6.45) is 72.9. The summed E-state index contributed by atoms with van der Waals surface area (Å²) in [5.74, 6) is -0.807. The Balaban J connectivity index is 4.00. The van der Waals surface area contributed by atoms with Crippen molar-refractivity contribution in [3.63, 3.8) is 0 Å². The van der Waals surface area contributed by atoms with Crippen LogP contribution in [0, 0.1) is 0 Å². The number of phosphoric acid groups is 1. The Hall–Kier alpha value is -1.25. The van der Waals surface area contributed by atoms with Gasteiger partial charge in [0.25, 0.3) is 7.82 Å². The number of carbonyl (C=O) groups excluding carboxylic acids is 2. The number of hydrogen-bond acceptors (Lipinski definition) is 8. The van der Waals surface area contributed by atoms with Gasteiger partial charge in [-0.2, -0.15) is 0 Å². The molecule has 0 N–H and O–H groups in total. The average molecular weight is 1120 g/mol. The Morgan fingerprint density at radius 2 is 0.654 bits per heavy atom. The predicted molar refractivity (Wildman–Crippen MR) is 333 cm³/mol. The summed E-state index contributed by atoms with van der Waals surface area (Å²) < 4.78 is 34.3. The monoisotopic (exact) mass is 1120 g/mol. The fourth-order valence-electron chi connectivity index (χ4n) is 10.5. The van der Waals surface area contributed by atoms with Crippen LogP contribution in [0.2, 0.25) is 0 Å². The number of esters is 2. The molecule has 0 rings (SSSR count). The van der Waals surface area contributed by atoms with E-state index in [1.165, 1.54) is 295 Å². The van der Waals surface area contributed by atoms with Gasteiger partial charge in [0.05, 0.1) is 27.7 Å². The molecule has 0 bridgehead atoms. The third kappa shape index (κ3) is 63.9. The number of allylic oxidation sites excluding steroid dienone is 2. The molecule has 0 saturated carbocycles. The Bertz CT molecular complexity index is 1320. The lowest BCUT2D eigenvalue weighted by Gasteiger charge is -2.28. The van der Waals surface area contributed by atoms with E-state index in [4.69, 9.17) is 18.5 Å². The van der Waals surface area contributed by atoms with Gasteiger partial charge in [0, 0.05) is 12.8 Å². The van der Waals surface area contributed by atoms with Gasteiger partial charge >= 0.3 is 11.9 Å². The molecule has 0 aromatic rings. The first kappa shape index (κ1) is 76.8. The van der Waals surface area contributed by atoms with Crippen LogP contribution < -0.4 is 4.89 Å². The van der Waals surface area contributed by atoms with Gasteiger partial charge in [-0.15, -0.1) is 0 Å². The number of likely N-dealkylation sites (N-methyl/N-ethyl adjacent to an activating group) is 1. The Kier molecular flexibility index (Phi) is 59.4. The van der Waals surface area contributed by atoms with Crippen LogP contribution in [0.5, 0.6) is 0 Å². The molecule has 0 aromatic carbocycles. The highest BCUT2D eigenvalue weighted by Gasteiger charge is 2.22. The van der Waals surface area contributed by atoms with Crippen LogP contribution in [-0.2, 0) is 32.7 Å². The second kappa shape index (κ2) is 60.3. The molecule has 0 heterocycles. The molecule has 0 spiro atoms. The summed E-state index contributed by atoms with van der Waals surface area (Å²) in [6.45, 7) is 4.32. The molecule has 0 amide bonds. The van der Waals surface area contributed by atoms with Crippen molar-refractivity contribution >= 4 is 19.8 Å². The smallest absolute Gasteiger partial charge is 0.306 e. The topological polar surface area (TPSA) is 111 Å². The largest absolute Gasteiger partial charge is 0.756 e. The minimum Gasteiger partial charge on any atom is -0.756 e.